The number of hydrogen-bond donors (Lipinski definition) is 0. The predicted octanol–water partition coefficient (Wildman–Crippen LogP) is 4.45. The largest absolute Gasteiger partial charge is 0.493 e. The fourth-order valence-corrected chi connectivity index (χ4v) is 3.63. The number of methoxy groups -OCH3 is 2. The van der Waals surface area contributed by atoms with Gasteiger partial charge in [-0.2, -0.15) is 0 Å². The van der Waals surface area contributed by atoms with Crippen molar-refractivity contribution < 1.29 is 19.0 Å². The fourth-order valence-electron chi connectivity index (χ4n) is 3.63. The van der Waals surface area contributed by atoms with Crippen molar-refractivity contribution in [3.63, 3.8) is 0 Å². The topological polar surface area (TPSA) is 57.1 Å². The third-order valence-electron chi connectivity index (χ3n) is 5.16. The predicted molar refractivity (Wildman–Crippen MR) is 116 cm³/mol. The molecule has 0 bridgehead atoms. The van der Waals surface area contributed by atoms with Crippen LogP contribution in [0.3, 0.4) is 0 Å². The Morgan fingerprint density at radius 2 is 1.60 bits per heavy atom. The van der Waals surface area contributed by atoms with E-state index in [1.807, 2.05) is 54.6 Å². The third-order valence-corrected chi connectivity index (χ3v) is 5.16. The number of benzene rings is 3. The van der Waals surface area contributed by atoms with Gasteiger partial charge in [-0.05, 0) is 41.8 Å². The van der Waals surface area contributed by atoms with Crippen LogP contribution in [0.4, 0.5) is 0 Å². The van der Waals surface area contributed by atoms with Gasteiger partial charge in [0.25, 0.3) is 0 Å². The summed E-state index contributed by atoms with van der Waals surface area (Å²) in [6.45, 7) is 0.863. The minimum atomic E-state index is -0.345. The van der Waals surface area contributed by atoms with Gasteiger partial charge in [0.05, 0.1) is 25.5 Å². The molecule has 0 spiro atoms. The van der Waals surface area contributed by atoms with Gasteiger partial charge in [-0.1, -0.05) is 42.5 Å². The van der Waals surface area contributed by atoms with Gasteiger partial charge < -0.3 is 14.2 Å². The molecule has 152 valence electrons. The number of fused-ring (bicyclic) bond motifs is 1. The molecule has 0 fully saturated rings. The first-order valence-electron chi connectivity index (χ1n) is 9.81. The van der Waals surface area contributed by atoms with Crippen LogP contribution >= 0.6 is 0 Å². The van der Waals surface area contributed by atoms with Crippen molar-refractivity contribution in [3.8, 4) is 11.5 Å². The van der Waals surface area contributed by atoms with Crippen LogP contribution in [-0.2, 0) is 17.8 Å². The minimum absolute atomic E-state index is 0.172. The lowest BCUT2D eigenvalue weighted by Gasteiger charge is -2.21. The third kappa shape index (κ3) is 3.92. The van der Waals surface area contributed by atoms with Gasteiger partial charge in [-0.25, -0.2) is 4.79 Å². The highest BCUT2D eigenvalue weighted by atomic mass is 16.5. The van der Waals surface area contributed by atoms with E-state index in [0.29, 0.717) is 23.6 Å². The quantitative estimate of drug-likeness (QED) is 0.573. The van der Waals surface area contributed by atoms with Crippen molar-refractivity contribution in [1.82, 2.24) is 0 Å². The van der Waals surface area contributed by atoms with Gasteiger partial charge in [0.15, 0.2) is 11.5 Å². The molecule has 5 nitrogen and oxygen atoms in total. The molecule has 0 amide bonds. The number of nitrogens with zero attached hydrogens (tertiary/aromatic N) is 1. The molecule has 0 saturated carbocycles. The lowest BCUT2D eigenvalue weighted by molar-refractivity contribution is 0.0472. The smallest absolute Gasteiger partial charge is 0.338 e. The first-order valence-corrected chi connectivity index (χ1v) is 9.81. The van der Waals surface area contributed by atoms with Gasteiger partial charge in [0.1, 0.15) is 6.61 Å². The zero-order valence-corrected chi connectivity index (χ0v) is 17.1. The van der Waals surface area contributed by atoms with Gasteiger partial charge in [0, 0.05) is 17.7 Å². The van der Waals surface area contributed by atoms with Crippen LogP contribution in [-0.4, -0.2) is 32.4 Å². The number of ether oxygens (including phenoxy) is 3. The van der Waals surface area contributed by atoms with Crippen LogP contribution in [0.25, 0.3) is 0 Å². The first-order chi connectivity index (χ1) is 14.7. The fraction of sp³-hybridized carbons (Fsp3) is 0.200. The van der Waals surface area contributed by atoms with Gasteiger partial charge in [-0.3, -0.25) is 4.99 Å². The molecule has 0 N–H and O–H groups in total. The van der Waals surface area contributed by atoms with E-state index in [2.05, 4.69) is 0 Å². The molecule has 1 heterocycles. The number of aliphatic imine (C=N–C) groups is 1. The van der Waals surface area contributed by atoms with Crippen molar-refractivity contribution in [2.24, 2.45) is 4.99 Å². The molecule has 0 aromatic heterocycles. The monoisotopic (exact) mass is 401 g/mol. The standard InChI is InChI=1S/C25H23NO4/c1-28-22-14-18-12-13-26-24(21(18)15-23(22)29-2)20-11-7-6-10-19(20)16-30-25(27)17-8-4-3-5-9-17/h3-11,14-15H,12-13,16H2,1-2H3. The molecule has 0 aliphatic carbocycles. The normalized spacial score (nSPS) is 12.5. The minimum Gasteiger partial charge on any atom is -0.493 e. The summed E-state index contributed by atoms with van der Waals surface area (Å²) in [7, 11) is 3.26. The molecule has 0 unspecified atom stereocenters. The van der Waals surface area contributed by atoms with Gasteiger partial charge >= 0.3 is 5.97 Å². The number of carbonyl (C=O) groups excluding carboxylic acids is 1. The molecule has 1 aliphatic heterocycles. The van der Waals surface area contributed by atoms with E-state index in [-0.39, 0.29) is 12.6 Å². The zero-order valence-electron chi connectivity index (χ0n) is 17.1. The Bertz CT molecular complexity index is 1090. The Balaban J connectivity index is 1.65. The summed E-state index contributed by atoms with van der Waals surface area (Å²) < 4.78 is 16.5. The van der Waals surface area contributed by atoms with Crippen LogP contribution in [0.5, 0.6) is 11.5 Å². The zero-order chi connectivity index (χ0) is 20.9. The maximum absolute atomic E-state index is 12.4. The highest BCUT2D eigenvalue weighted by molar-refractivity contribution is 6.15. The second-order valence-corrected chi connectivity index (χ2v) is 6.94. The van der Waals surface area contributed by atoms with Gasteiger partial charge in [0.2, 0.25) is 0 Å². The van der Waals surface area contributed by atoms with E-state index in [1.54, 1.807) is 26.4 Å². The maximum Gasteiger partial charge on any atom is 0.338 e. The maximum atomic E-state index is 12.4. The van der Waals surface area contributed by atoms with Crippen molar-refractivity contribution in [2.45, 2.75) is 13.0 Å². The van der Waals surface area contributed by atoms with E-state index < -0.39 is 0 Å². The molecule has 4 rings (SSSR count). The van der Waals surface area contributed by atoms with Crippen LogP contribution < -0.4 is 9.47 Å². The van der Waals surface area contributed by atoms with E-state index in [1.165, 1.54) is 0 Å². The van der Waals surface area contributed by atoms with Crippen LogP contribution in [0.1, 0.15) is 32.6 Å². The van der Waals surface area contributed by atoms with Crippen LogP contribution in [0.2, 0.25) is 0 Å². The second-order valence-electron chi connectivity index (χ2n) is 6.94. The van der Waals surface area contributed by atoms with Crippen molar-refractivity contribution >= 4 is 11.7 Å². The molecular formula is C25H23NO4. The summed E-state index contributed by atoms with van der Waals surface area (Å²) in [5.41, 5.74) is 5.44. The SMILES string of the molecule is COc1cc2c(cc1OC)C(c1ccccc1COC(=O)c1ccccc1)=NCC2. The lowest BCUT2D eigenvalue weighted by atomic mass is 9.90. The summed E-state index contributed by atoms with van der Waals surface area (Å²) >= 11 is 0. The van der Waals surface area contributed by atoms with Crippen LogP contribution in [0.15, 0.2) is 71.7 Å². The molecule has 30 heavy (non-hydrogen) atoms. The van der Waals surface area contributed by atoms with E-state index in [9.17, 15) is 4.79 Å². The molecule has 0 saturated heterocycles. The number of rotatable bonds is 6. The summed E-state index contributed by atoms with van der Waals surface area (Å²) in [5.74, 6) is 1.03. The van der Waals surface area contributed by atoms with Crippen LogP contribution in [0, 0.1) is 0 Å². The van der Waals surface area contributed by atoms with Crippen molar-refractivity contribution in [2.75, 3.05) is 20.8 Å². The average Bonchev–Trinajstić information content (AvgIpc) is 2.82. The molecule has 0 radical (unpaired) electrons. The van der Waals surface area contributed by atoms with E-state index in [4.69, 9.17) is 19.2 Å². The Kier molecular flexibility index (Phi) is 5.80. The van der Waals surface area contributed by atoms with Gasteiger partial charge in [-0.15, -0.1) is 0 Å². The summed E-state index contributed by atoms with van der Waals surface area (Å²) in [4.78, 5) is 17.2. The Morgan fingerprint density at radius 1 is 0.900 bits per heavy atom. The highest BCUT2D eigenvalue weighted by Gasteiger charge is 2.21. The molecule has 3 aromatic carbocycles. The molecular weight excluding hydrogens is 378 g/mol. The Morgan fingerprint density at radius 3 is 2.37 bits per heavy atom. The van der Waals surface area contributed by atoms with Crippen molar-refractivity contribution in [3.05, 3.63) is 94.5 Å². The lowest BCUT2D eigenvalue weighted by Crippen LogP contribution is -2.17. The van der Waals surface area contributed by atoms with Crippen molar-refractivity contribution in [1.29, 1.82) is 0 Å². The first kappa shape index (κ1) is 19.7. The summed E-state index contributed by atoms with van der Waals surface area (Å²) in [5, 5.41) is 0. The Hall–Kier alpha value is -3.60. The summed E-state index contributed by atoms with van der Waals surface area (Å²) in [6, 6.07) is 20.9. The number of hydrogen-bond acceptors (Lipinski definition) is 5. The molecule has 0 atom stereocenters. The highest BCUT2D eigenvalue weighted by Crippen LogP contribution is 2.34. The average molecular weight is 401 g/mol. The molecule has 1 aliphatic rings. The molecule has 5 heteroatoms. The second kappa shape index (κ2) is 8.82. The van der Waals surface area contributed by atoms with E-state index >= 15 is 0 Å². The number of esters is 1. The van der Waals surface area contributed by atoms with E-state index in [0.717, 1.165) is 34.4 Å². The summed E-state index contributed by atoms with van der Waals surface area (Å²) in [6.07, 6.45) is 0.838. The number of carbonyl (C=O) groups is 1. The Labute approximate surface area is 175 Å². The molecule has 3 aromatic rings.